The lowest BCUT2D eigenvalue weighted by atomic mass is 10.1. The molecule has 0 bridgehead atoms. The van der Waals surface area contributed by atoms with Crippen molar-refractivity contribution < 1.29 is 9.90 Å². The van der Waals surface area contributed by atoms with Crippen LogP contribution >= 0.6 is 11.6 Å². The third kappa shape index (κ3) is 2.14. The Kier molecular flexibility index (Phi) is 2.79. The molecule has 2 rings (SSSR count). The predicted molar refractivity (Wildman–Crippen MR) is 62.8 cm³/mol. The van der Waals surface area contributed by atoms with Crippen molar-refractivity contribution in [1.29, 1.82) is 0 Å². The fourth-order valence-electron chi connectivity index (χ4n) is 1.68. The summed E-state index contributed by atoms with van der Waals surface area (Å²) in [4.78, 5) is 14.9. The topological polar surface area (TPSA) is 50.2 Å². The quantitative estimate of drug-likeness (QED) is 0.871. The van der Waals surface area contributed by atoms with E-state index in [1.54, 1.807) is 18.2 Å². The van der Waals surface area contributed by atoms with Gasteiger partial charge in [0, 0.05) is 10.4 Å². The Morgan fingerprint density at radius 2 is 2.19 bits per heavy atom. The molecule has 0 saturated carbocycles. The van der Waals surface area contributed by atoms with Crippen LogP contribution < -0.4 is 0 Å². The number of pyridine rings is 1. The Bertz CT molecular complexity index is 566. The molecule has 0 fully saturated rings. The molecule has 0 unspecified atom stereocenters. The first-order valence-corrected chi connectivity index (χ1v) is 5.21. The number of halogens is 1. The van der Waals surface area contributed by atoms with Gasteiger partial charge in [0.15, 0.2) is 0 Å². The number of carbonyl (C=O) groups is 1. The monoisotopic (exact) mass is 235 g/mol. The van der Waals surface area contributed by atoms with Crippen LogP contribution in [0.1, 0.15) is 11.3 Å². The summed E-state index contributed by atoms with van der Waals surface area (Å²) in [7, 11) is 0. The molecule has 2 aromatic rings. The van der Waals surface area contributed by atoms with Crippen molar-refractivity contribution >= 4 is 28.5 Å². The minimum absolute atomic E-state index is 0.0561. The van der Waals surface area contributed by atoms with E-state index in [1.165, 1.54) is 0 Å². The Hall–Kier alpha value is -1.61. The largest absolute Gasteiger partial charge is 0.481 e. The number of fused-ring (bicyclic) bond motifs is 1. The van der Waals surface area contributed by atoms with Crippen molar-refractivity contribution in [2.75, 3.05) is 0 Å². The smallest absolute Gasteiger partial charge is 0.309 e. The first-order chi connectivity index (χ1) is 7.56. The summed E-state index contributed by atoms with van der Waals surface area (Å²) in [5.41, 5.74) is 2.34. The molecule has 0 aliphatic heterocycles. The molecule has 0 saturated heterocycles. The second-order valence-corrected chi connectivity index (χ2v) is 4.10. The van der Waals surface area contributed by atoms with Crippen LogP contribution in [-0.2, 0) is 11.2 Å². The summed E-state index contributed by atoms with van der Waals surface area (Å²) < 4.78 is 0. The van der Waals surface area contributed by atoms with E-state index in [2.05, 4.69) is 4.98 Å². The van der Waals surface area contributed by atoms with Gasteiger partial charge in [0.05, 0.1) is 17.6 Å². The molecule has 3 nitrogen and oxygen atoms in total. The number of aliphatic carboxylic acids is 1. The summed E-state index contributed by atoms with van der Waals surface area (Å²) >= 11 is 5.89. The van der Waals surface area contributed by atoms with E-state index in [1.807, 2.05) is 13.0 Å². The van der Waals surface area contributed by atoms with E-state index >= 15 is 0 Å². The van der Waals surface area contributed by atoms with E-state index < -0.39 is 5.97 Å². The Morgan fingerprint density at radius 3 is 2.88 bits per heavy atom. The fourth-order valence-corrected chi connectivity index (χ4v) is 1.85. The molecule has 1 aromatic heterocycles. The second kappa shape index (κ2) is 4.10. The van der Waals surface area contributed by atoms with Crippen molar-refractivity contribution in [2.45, 2.75) is 13.3 Å². The third-order valence-corrected chi connectivity index (χ3v) is 2.60. The summed E-state index contributed by atoms with van der Waals surface area (Å²) in [6, 6.07) is 7.17. The summed E-state index contributed by atoms with van der Waals surface area (Å²) in [6.07, 6.45) is -0.0561. The van der Waals surface area contributed by atoms with Gasteiger partial charge in [-0.05, 0) is 36.8 Å². The van der Waals surface area contributed by atoms with E-state index in [0.717, 1.165) is 16.5 Å². The van der Waals surface area contributed by atoms with Crippen LogP contribution in [0.15, 0.2) is 24.3 Å². The molecule has 4 heteroatoms. The molecule has 0 radical (unpaired) electrons. The van der Waals surface area contributed by atoms with Gasteiger partial charge in [-0.2, -0.15) is 0 Å². The lowest BCUT2D eigenvalue weighted by Crippen LogP contribution is -2.03. The molecule has 82 valence electrons. The first-order valence-electron chi connectivity index (χ1n) is 4.84. The van der Waals surface area contributed by atoms with Gasteiger partial charge in [-0.1, -0.05) is 11.6 Å². The predicted octanol–water partition coefficient (Wildman–Crippen LogP) is 2.82. The molecule has 1 N–H and O–H groups in total. The standard InChI is InChI=1S/C12H10ClNO2/c1-7-4-9(6-12(15)16)14-11-3-2-8(13)5-10(7)11/h2-5H,6H2,1H3,(H,15,16). The molecular formula is C12H10ClNO2. The maximum Gasteiger partial charge on any atom is 0.309 e. The molecule has 0 aliphatic rings. The van der Waals surface area contributed by atoms with Crippen molar-refractivity contribution in [2.24, 2.45) is 0 Å². The zero-order valence-electron chi connectivity index (χ0n) is 8.70. The Morgan fingerprint density at radius 1 is 1.44 bits per heavy atom. The number of aryl methyl sites for hydroxylation is 1. The number of nitrogens with zero attached hydrogens (tertiary/aromatic N) is 1. The normalized spacial score (nSPS) is 10.6. The SMILES string of the molecule is Cc1cc(CC(=O)O)nc2ccc(Cl)cc12. The lowest BCUT2D eigenvalue weighted by molar-refractivity contribution is -0.136. The van der Waals surface area contributed by atoms with Crippen LogP contribution in [0.4, 0.5) is 0 Å². The highest BCUT2D eigenvalue weighted by molar-refractivity contribution is 6.31. The zero-order valence-corrected chi connectivity index (χ0v) is 9.45. The second-order valence-electron chi connectivity index (χ2n) is 3.66. The van der Waals surface area contributed by atoms with Gasteiger partial charge < -0.3 is 5.11 Å². The number of hydrogen-bond donors (Lipinski definition) is 1. The van der Waals surface area contributed by atoms with E-state index in [0.29, 0.717) is 10.7 Å². The van der Waals surface area contributed by atoms with Gasteiger partial charge in [0.25, 0.3) is 0 Å². The summed E-state index contributed by atoms with van der Waals surface area (Å²) in [5, 5.41) is 10.3. The third-order valence-electron chi connectivity index (χ3n) is 2.36. The molecule has 0 atom stereocenters. The maximum absolute atomic E-state index is 10.6. The van der Waals surface area contributed by atoms with E-state index in [9.17, 15) is 4.79 Å². The highest BCUT2D eigenvalue weighted by Gasteiger charge is 2.06. The van der Waals surface area contributed by atoms with Gasteiger partial charge in [-0.25, -0.2) is 0 Å². The van der Waals surface area contributed by atoms with Crippen LogP contribution in [-0.4, -0.2) is 16.1 Å². The minimum atomic E-state index is -0.875. The van der Waals surface area contributed by atoms with Gasteiger partial charge in [-0.15, -0.1) is 0 Å². The van der Waals surface area contributed by atoms with Crippen LogP contribution in [0.5, 0.6) is 0 Å². The van der Waals surface area contributed by atoms with Crippen molar-refractivity contribution in [3.63, 3.8) is 0 Å². The molecule has 16 heavy (non-hydrogen) atoms. The van der Waals surface area contributed by atoms with Crippen molar-refractivity contribution in [3.05, 3.63) is 40.5 Å². The van der Waals surface area contributed by atoms with Crippen LogP contribution in [0.25, 0.3) is 10.9 Å². The van der Waals surface area contributed by atoms with Gasteiger partial charge in [-0.3, -0.25) is 9.78 Å². The minimum Gasteiger partial charge on any atom is -0.481 e. The zero-order chi connectivity index (χ0) is 11.7. The first kappa shape index (κ1) is 10.9. The summed E-state index contributed by atoms with van der Waals surface area (Å²) in [6.45, 7) is 1.92. The van der Waals surface area contributed by atoms with E-state index in [-0.39, 0.29) is 6.42 Å². The number of rotatable bonds is 2. The highest BCUT2D eigenvalue weighted by Crippen LogP contribution is 2.22. The van der Waals surface area contributed by atoms with Crippen LogP contribution in [0.2, 0.25) is 5.02 Å². The molecule has 1 heterocycles. The maximum atomic E-state index is 10.6. The average molecular weight is 236 g/mol. The Labute approximate surface area is 97.7 Å². The fraction of sp³-hybridized carbons (Fsp3) is 0.167. The van der Waals surface area contributed by atoms with Gasteiger partial charge >= 0.3 is 5.97 Å². The molecule has 1 aromatic carbocycles. The van der Waals surface area contributed by atoms with Crippen LogP contribution in [0.3, 0.4) is 0 Å². The Balaban J connectivity index is 2.59. The number of hydrogen-bond acceptors (Lipinski definition) is 2. The molecule has 0 spiro atoms. The van der Waals surface area contributed by atoms with Gasteiger partial charge in [0.1, 0.15) is 0 Å². The number of aromatic nitrogens is 1. The highest BCUT2D eigenvalue weighted by atomic mass is 35.5. The van der Waals surface area contributed by atoms with Crippen molar-refractivity contribution in [3.8, 4) is 0 Å². The van der Waals surface area contributed by atoms with Crippen molar-refractivity contribution in [1.82, 2.24) is 4.98 Å². The number of benzene rings is 1. The number of carboxylic acids is 1. The van der Waals surface area contributed by atoms with E-state index in [4.69, 9.17) is 16.7 Å². The summed E-state index contributed by atoms with van der Waals surface area (Å²) in [5.74, 6) is -0.875. The average Bonchev–Trinajstić information content (AvgIpc) is 2.18. The molecular weight excluding hydrogens is 226 g/mol. The lowest BCUT2D eigenvalue weighted by Gasteiger charge is -2.05. The van der Waals surface area contributed by atoms with Gasteiger partial charge in [0.2, 0.25) is 0 Å². The molecule has 0 aliphatic carbocycles. The number of carboxylic acid groups (broad SMARTS) is 1. The molecule has 0 amide bonds. The van der Waals surface area contributed by atoms with Crippen LogP contribution in [0, 0.1) is 6.92 Å².